The molecule has 14 heteroatoms. The van der Waals surface area contributed by atoms with Gasteiger partial charge in [-0.25, -0.2) is 28.8 Å². The van der Waals surface area contributed by atoms with Crippen molar-refractivity contribution in [2.45, 2.75) is 31.8 Å². The van der Waals surface area contributed by atoms with E-state index in [0.717, 1.165) is 36.5 Å². The van der Waals surface area contributed by atoms with Crippen LogP contribution in [0.1, 0.15) is 41.2 Å². The first-order valence-electron chi connectivity index (χ1n) is 14.1. The molecule has 44 heavy (non-hydrogen) atoms. The molecule has 1 saturated carbocycles. The lowest BCUT2D eigenvalue weighted by molar-refractivity contribution is 0.0947. The van der Waals surface area contributed by atoms with E-state index in [1.54, 1.807) is 11.9 Å². The molecule has 1 aliphatic rings. The van der Waals surface area contributed by atoms with Crippen LogP contribution in [0.3, 0.4) is 0 Å². The van der Waals surface area contributed by atoms with Crippen molar-refractivity contribution in [3.8, 4) is 17.0 Å². The second-order valence-corrected chi connectivity index (χ2v) is 10.8. The summed E-state index contributed by atoms with van der Waals surface area (Å²) in [5, 5.41) is 12.4. The summed E-state index contributed by atoms with van der Waals surface area (Å²) >= 11 is 0. The van der Waals surface area contributed by atoms with Gasteiger partial charge in [0.2, 0.25) is 0 Å². The quantitative estimate of drug-likeness (QED) is 0.244. The summed E-state index contributed by atoms with van der Waals surface area (Å²) in [6.45, 7) is 0.596. The molecule has 3 heterocycles. The number of nitrogens with zero attached hydrogens (tertiary/aromatic N) is 8. The summed E-state index contributed by atoms with van der Waals surface area (Å²) in [7, 11) is 3.15. The predicted octanol–water partition coefficient (Wildman–Crippen LogP) is 3.69. The van der Waals surface area contributed by atoms with Crippen LogP contribution in [0.25, 0.3) is 22.3 Å². The van der Waals surface area contributed by atoms with Gasteiger partial charge < -0.3 is 20.7 Å². The van der Waals surface area contributed by atoms with Crippen molar-refractivity contribution in [1.29, 1.82) is 0 Å². The zero-order chi connectivity index (χ0) is 30.8. The highest BCUT2D eigenvalue weighted by atomic mass is 19.1. The fourth-order valence-corrected chi connectivity index (χ4v) is 5.23. The van der Waals surface area contributed by atoms with Crippen molar-refractivity contribution in [2.75, 3.05) is 26.4 Å². The van der Waals surface area contributed by atoms with Crippen LogP contribution in [-0.2, 0) is 6.54 Å². The third-order valence-corrected chi connectivity index (χ3v) is 7.68. The number of halogens is 1. The van der Waals surface area contributed by atoms with Crippen LogP contribution in [-0.4, -0.2) is 72.1 Å². The van der Waals surface area contributed by atoms with Crippen LogP contribution in [0.15, 0.2) is 61.4 Å². The highest BCUT2D eigenvalue weighted by Crippen LogP contribution is 2.39. The third kappa shape index (κ3) is 5.91. The first kappa shape index (κ1) is 28.7. The zero-order valence-electron chi connectivity index (χ0n) is 24.2. The van der Waals surface area contributed by atoms with Gasteiger partial charge in [-0.3, -0.25) is 4.79 Å². The van der Waals surface area contributed by atoms with Crippen LogP contribution >= 0.6 is 0 Å². The Hall–Kier alpha value is -5.40. The number of benzene rings is 2. The lowest BCUT2D eigenvalue weighted by Crippen LogP contribution is -2.36. The van der Waals surface area contributed by atoms with E-state index in [9.17, 15) is 14.0 Å². The van der Waals surface area contributed by atoms with Gasteiger partial charge in [-0.15, -0.1) is 0 Å². The Labute approximate surface area is 251 Å². The molecule has 1 aliphatic carbocycles. The summed E-state index contributed by atoms with van der Waals surface area (Å²) in [5.41, 5.74) is 9.29. The molecule has 6 rings (SSSR count). The number of hydrogen-bond acceptors (Lipinski definition) is 9. The van der Waals surface area contributed by atoms with Gasteiger partial charge in [0.25, 0.3) is 5.91 Å². The highest BCUT2D eigenvalue weighted by Gasteiger charge is 2.31. The molecular weight excluding hydrogens is 567 g/mol. The van der Waals surface area contributed by atoms with Crippen LogP contribution < -0.4 is 15.8 Å². The lowest BCUT2D eigenvalue weighted by atomic mass is 10.1. The number of methoxy groups -OCH3 is 1. The maximum Gasteiger partial charge on any atom is 0.345 e. The van der Waals surface area contributed by atoms with Crippen LogP contribution in [0.5, 0.6) is 5.75 Å². The first-order valence-corrected chi connectivity index (χ1v) is 14.1. The Bertz CT molecular complexity index is 1800. The molecule has 226 valence electrons. The van der Waals surface area contributed by atoms with Gasteiger partial charge in [0.15, 0.2) is 5.65 Å². The van der Waals surface area contributed by atoms with Gasteiger partial charge in [-0.2, -0.15) is 14.9 Å². The number of nitrogen functional groups attached to an aromatic ring is 1. The fraction of sp³-hybridized carbons (Fsp3) is 0.300. The summed E-state index contributed by atoms with van der Waals surface area (Å²) < 4.78 is 22.0. The second-order valence-electron chi connectivity index (χ2n) is 10.8. The van der Waals surface area contributed by atoms with Gasteiger partial charge in [0.05, 0.1) is 24.1 Å². The first-order chi connectivity index (χ1) is 21.3. The highest BCUT2D eigenvalue weighted by molar-refractivity contribution is 5.98. The molecule has 13 nitrogen and oxygen atoms in total. The molecule has 0 aliphatic heterocycles. The van der Waals surface area contributed by atoms with Gasteiger partial charge in [0.1, 0.15) is 42.1 Å². The normalized spacial score (nSPS) is 13.5. The number of nitrogens with two attached hydrogens (primary N) is 1. The molecule has 0 radical (unpaired) electrons. The number of likely N-dealkylation sites (N-methyl/N-ethyl adjacent to an activating group) is 1. The smallest absolute Gasteiger partial charge is 0.345 e. The molecule has 1 fully saturated rings. The topological polar surface area (TPSA) is 159 Å². The van der Waals surface area contributed by atoms with E-state index in [0.29, 0.717) is 35.0 Å². The van der Waals surface area contributed by atoms with E-state index in [1.165, 1.54) is 42.9 Å². The van der Waals surface area contributed by atoms with Crippen molar-refractivity contribution in [3.05, 3.63) is 78.4 Å². The van der Waals surface area contributed by atoms with E-state index in [-0.39, 0.29) is 29.9 Å². The fourth-order valence-electron chi connectivity index (χ4n) is 5.23. The monoisotopic (exact) mass is 598 g/mol. The molecule has 3 N–H and O–H groups in total. The Morgan fingerprint density at radius 2 is 1.95 bits per heavy atom. The van der Waals surface area contributed by atoms with Crippen molar-refractivity contribution < 1.29 is 18.7 Å². The van der Waals surface area contributed by atoms with E-state index < -0.39 is 11.7 Å². The van der Waals surface area contributed by atoms with Gasteiger partial charge in [0, 0.05) is 25.7 Å². The number of nitrogens with one attached hydrogen (secondary N) is 1. The summed E-state index contributed by atoms with van der Waals surface area (Å²) in [4.78, 5) is 39.9. The number of carbonyl (C=O) groups excluding carboxylic acids is 2. The Kier molecular flexibility index (Phi) is 7.87. The molecular formula is C30H31FN10O3. The molecule has 0 bridgehead atoms. The van der Waals surface area contributed by atoms with Gasteiger partial charge in [-0.1, -0.05) is 37.1 Å². The molecule has 2 aromatic carbocycles. The van der Waals surface area contributed by atoms with Crippen molar-refractivity contribution in [2.24, 2.45) is 5.92 Å². The Balaban J connectivity index is 1.25. The SMILES string of the molecule is COc1ccc(F)cc1C(=O)NCc1ccc(-c2nn(C(CC3CC3)CN(C)C(=O)n3cncn3)c3ncnc(N)c23)cc1. The lowest BCUT2D eigenvalue weighted by Gasteiger charge is -2.24. The number of rotatable bonds is 10. The van der Waals surface area contributed by atoms with Gasteiger partial charge >= 0.3 is 6.03 Å². The maximum atomic E-state index is 13.7. The molecule has 2 amide bonds. The number of ether oxygens (including phenoxy) is 1. The average molecular weight is 599 g/mol. The molecule has 0 saturated heterocycles. The van der Waals surface area contributed by atoms with Crippen molar-refractivity contribution in [1.82, 2.24) is 44.7 Å². The van der Waals surface area contributed by atoms with Crippen molar-refractivity contribution in [3.63, 3.8) is 0 Å². The summed E-state index contributed by atoms with van der Waals surface area (Å²) in [5.74, 6) is 0.153. The zero-order valence-corrected chi connectivity index (χ0v) is 24.2. The van der Waals surface area contributed by atoms with Crippen LogP contribution in [0, 0.1) is 11.7 Å². The summed E-state index contributed by atoms with van der Waals surface area (Å²) in [6, 6.07) is 10.8. The van der Waals surface area contributed by atoms with E-state index >= 15 is 0 Å². The van der Waals surface area contributed by atoms with Crippen LogP contribution in [0.4, 0.5) is 15.0 Å². The molecule has 1 unspecified atom stereocenters. The van der Waals surface area contributed by atoms with E-state index in [1.807, 2.05) is 28.9 Å². The molecule has 1 atom stereocenters. The number of fused-ring (bicyclic) bond motifs is 1. The van der Waals surface area contributed by atoms with E-state index in [2.05, 4.69) is 25.4 Å². The minimum atomic E-state index is -0.525. The molecule has 3 aromatic heterocycles. The number of anilines is 1. The second kappa shape index (κ2) is 12.1. The minimum absolute atomic E-state index is 0.117. The third-order valence-electron chi connectivity index (χ3n) is 7.68. The predicted molar refractivity (Wildman–Crippen MR) is 159 cm³/mol. The number of carbonyl (C=O) groups is 2. The Morgan fingerprint density at radius 3 is 2.66 bits per heavy atom. The number of amides is 2. The molecule has 5 aromatic rings. The van der Waals surface area contributed by atoms with Crippen molar-refractivity contribution >= 4 is 28.8 Å². The van der Waals surface area contributed by atoms with E-state index in [4.69, 9.17) is 15.6 Å². The standard InChI is InChI=1S/C30H31FN10O3/c1-39(30(43)40-17-33-15-37-40)14-22(11-18-3-4-18)41-28-25(27(32)35-16-36-28)26(38-41)20-7-5-19(6-8-20)13-34-29(42)23-12-21(31)9-10-24(23)44-2/h5-10,12,15-18,22H,3-4,11,13-14H2,1-2H3,(H,34,42)(H2,32,35,36). The minimum Gasteiger partial charge on any atom is -0.496 e. The number of aromatic nitrogens is 7. The maximum absolute atomic E-state index is 13.7. The van der Waals surface area contributed by atoms with Gasteiger partial charge in [-0.05, 0) is 36.1 Å². The average Bonchev–Trinajstić information content (AvgIpc) is 3.51. The van der Waals surface area contributed by atoms with Crippen LogP contribution in [0.2, 0.25) is 0 Å². The molecule has 0 spiro atoms. The largest absolute Gasteiger partial charge is 0.496 e. The Morgan fingerprint density at radius 1 is 1.16 bits per heavy atom. The number of hydrogen-bond donors (Lipinski definition) is 2. The summed E-state index contributed by atoms with van der Waals surface area (Å²) in [6.07, 6.45) is 7.19.